The van der Waals surface area contributed by atoms with Gasteiger partial charge in [0.1, 0.15) is 0 Å². The second kappa shape index (κ2) is 6.98. The van der Waals surface area contributed by atoms with E-state index in [-0.39, 0.29) is 12.2 Å². The largest absolute Gasteiger partial charge is 0.463 e. The highest BCUT2D eigenvalue weighted by Crippen LogP contribution is 2.12. The van der Waals surface area contributed by atoms with Crippen LogP contribution in [0.5, 0.6) is 0 Å². The van der Waals surface area contributed by atoms with E-state index in [4.69, 9.17) is 4.74 Å². The average molecular weight is 210 g/mol. The first-order valence-corrected chi connectivity index (χ1v) is 5.07. The number of rotatable bonds is 6. The molecule has 0 aromatic heterocycles. The maximum Gasteiger partial charge on any atom is 0.333 e. The fourth-order valence-electron chi connectivity index (χ4n) is 1.12. The average Bonchev–Trinajstić information content (AvgIpc) is 2.17. The molecule has 0 spiro atoms. The summed E-state index contributed by atoms with van der Waals surface area (Å²) in [5.41, 5.74) is 0.947. The van der Waals surface area contributed by atoms with Crippen molar-refractivity contribution < 1.29 is 14.3 Å². The molecule has 0 bridgehead atoms. The molecule has 3 nitrogen and oxygen atoms in total. The lowest BCUT2D eigenvalue weighted by molar-refractivity contribution is -0.138. The van der Waals surface area contributed by atoms with E-state index < -0.39 is 5.97 Å². The van der Waals surface area contributed by atoms with E-state index in [1.807, 2.05) is 13.0 Å². The third-order valence-electron chi connectivity index (χ3n) is 1.87. The highest BCUT2D eigenvalue weighted by atomic mass is 16.5. The summed E-state index contributed by atoms with van der Waals surface area (Å²) >= 11 is 0. The third kappa shape index (κ3) is 5.15. The van der Waals surface area contributed by atoms with Gasteiger partial charge in [-0.15, -0.1) is 0 Å². The van der Waals surface area contributed by atoms with E-state index in [2.05, 4.69) is 6.58 Å². The number of esters is 1. The zero-order valence-corrected chi connectivity index (χ0v) is 9.63. The molecule has 0 atom stereocenters. The Morgan fingerprint density at radius 3 is 2.33 bits per heavy atom. The first-order chi connectivity index (χ1) is 7.02. The van der Waals surface area contributed by atoms with Crippen molar-refractivity contribution in [3.05, 3.63) is 23.8 Å². The van der Waals surface area contributed by atoms with Crippen molar-refractivity contribution in [2.24, 2.45) is 0 Å². The molecule has 0 aromatic rings. The van der Waals surface area contributed by atoms with Gasteiger partial charge in [-0.1, -0.05) is 19.6 Å². The van der Waals surface area contributed by atoms with Gasteiger partial charge >= 0.3 is 5.97 Å². The molecule has 0 saturated carbocycles. The van der Waals surface area contributed by atoms with E-state index in [0.717, 1.165) is 6.42 Å². The quantitative estimate of drug-likeness (QED) is 0.499. The number of allylic oxidation sites excluding steroid dienone is 2. The van der Waals surface area contributed by atoms with Crippen LogP contribution in [0, 0.1) is 0 Å². The summed E-state index contributed by atoms with van der Waals surface area (Å²) in [4.78, 5) is 22.4. The fourth-order valence-corrected chi connectivity index (χ4v) is 1.12. The van der Waals surface area contributed by atoms with E-state index >= 15 is 0 Å². The topological polar surface area (TPSA) is 43.4 Å². The maximum absolute atomic E-state index is 11.2. The molecular formula is C12H18O3. The summed E-state index contributed by atoms with van der Waals surface area (Å²) in [6, 6.07) is 0. The number of carbonyl (C=O) groups is 2. The molecule has 0 N–H and O–H groups in total. The van der Waals surface area contributed by atoms with Crippen LogP contribution in [-0.2, 0) is 14.3 Å². The highest BCUT2D eigenvalue weighted by molar-refractivity contribution is 5.97. The van der Waals surface area contributed by atoms with Gasteiger partial charge < -0.3 is 4.74 Å². The van der Waals surface area contributed by atoms with Gasteiger partial charge in [-0.3, -0.25) is 4.79 Å². The molecule has 0 aromatic carbocycles. The van der Waals surface area contributed by atoms with Crippen LogP contribution < -0.4 is 0 Å². The van der Waals surface area contributed by atoms with E-state index in [0.29, 0.717) is 17.8 Å². The number of ether oxygens (including phenoxy) is 1. The van der Waals surface area contributed by atoms with Crippen molar-refractivity contribution in [3.8, 4) is 0 Å². The molecule has 15 heavy (non-hydrogen) atoms. The van der Waals surface area contributed by atoms with Crippen LogP contribution in [0.15, 0.2) is 23.8 Å². The van der Waals surface area contributed by atoms with Gasteiger partial charge in [0.15, 0.2) is 5.78 Å². The molecule has 0 saturated heterocycles. The second-order valence-electron chi connectivity index (χ2n) is 3.19. The van der Waals surface area contributed by atoms with Gasteiger partial charge in [-0.25, -0.2) is 4.79 Å². The first-order valence-electron chi connectivity index (χ1n) is 5.07. The van der Waals surface area contributed by atoms with Crippen LogP contribution in [0.25, 0.3) is 0 Å². The van der Waals surface area contributed by atoms with E-state index in [9.17, 15) is 9.59 Å². The van der Waals surface area contributed by atoms with Crippen LogP contribution in [-0.4, -0.2) is 18.4 Å². The Labute approximate surface area is 90.8 Å². The van der Waals surface area contributed by atoms with Gasteiger partial charge in [0.2, 0.25) is 0 Å². The van der Waals surface area contributed by atoms with Crippen LogP contribution in [0.3, 0.4) is 0 Å². The highest BCUT2D eigenvalue weighted by Gasteiger charge is 2.12. The SMILES string of the molecule is C=C(C/C(=C\CC)C(C)=O)C(=O)OCC. The predicted octanol–water partition coefficient (Wildman–Crippen LogP) is 2.42. The molecule has 0 heterocycles. The monoisotopic (exact) mass is 210 g/mol. The zero-order valence-electron chi connectivity index (χ0n) is 9.63. The molecular weight excluding hydrogens is 192 g/mol. The predicted molar refractivity (Wildman–Crippen MR) is 59.4 cm³/mol. The standard InChI is InChI=1S/C12H18O3/c1-5-7-11(10(4)13)8-9(3)12(14)15-6-2/h7H,3,5-6,8H2,1-2,4H3/b11-7+. The minimum Gasteiger partial charge on any atom is -0.463 e. The van der Waals surface area contributed by atoms with Crippen molar-refractivity contribution >= 4 is 11.8 Å². The molecule has 0 amide bonds. The lowest BCUT2D eigenvalue weighted by Gasteiger charge is -2.06. The molecule has 0 unspecified atom stereocenters. The number of hydrogen-bond donors (Lipinski definition) is 0. The molecule has 3 heteroatoms. The minimum absolute atomic E-state index is 0.0256. The normalized spacial score (nSPS) is 11.0. The van der Waals surface area contributed by atoms with E-state index in [1.54, 1.807) is 6.92 Å². The van der Waals surface area contributed by atoms with Gasteiger partial charge in [-0.2, -0.15) is 0 Å². The summed E-state index contributed by atoms with van der Waals surface area (Å²) in [6.45, 7) is 9.10. The minimum atomic E-state index is -0.430. The van der Waals surface area contributed by atoms with Crippen molar-refractivity contribution in [1.29, 1.82) is 0 Å². The molecule has 84 valence electrons. The summed E-state index contributed by atoms with van der Waals surface area (Å²) in [6.07, 6.45) is 2.86. The Bertz CT molecular complexity index is 287. The maximum atomic E-state index is 11.2. The Hall–Kier alpha value is -1.38. The van der Waals surface area contributed by atoms with Crippen LogP contribution in [0.1, 0.15) is 33.6 Å². The number of hydrogen-bond acceptors (Lipinski definition) is 3. The van der Waals surface area contributed by atoms with Crippen LogP contribution >= 0.6 is 0 Å². The molecule has 0 aliphatic heterocycles. The lowest BCUT2D eigenvalue weighted by atomic mass is 10.0. The second-order valence-corrected chi connectivity index (χ2v) is 3.19. The number of Topliss-reactive ketones (excluding diaryl/α,β-unsaturated/α-hetero) is 1. The smallest absolute Gasteiger partial charge is 0.333 e. The van der Waals surface area contributed by atoms with Crippen molar-refractivity contribution in [2.45, 2.75) is 33.6 Å². The molecule has 0 aliphatic rings. The van der Waals surface area contributed by atoms with Crippen molar-refractivity contribution in [1.82, 2.24) is 0 Å². The lowest BCUT2D eigenvalue weighted by Crippen LogP contribution is -2.09. The number of ketones is 1. The number of carbonyl (C=O) groups excluding carboxylic acids is 2. The van der Waals surface area contributed by atoms with E-state index in [1.165, 1.54) is 6.92 Å². The Morgan fingerprint density at radius 1 is 1.33 bits per heavy atom. The Kier molecular flexibility index (Phi) is 6.34. The molecule has 0 radical (unpaired) electrons. The summed E-state index contributed by atoms with van der Waals surface area (Å²) in [5.74, 6) is -0.456. The van der Waals surface area contributed by atoms with Gasteiger partial charge in [0.25, 0.3) is 0 Å². The molecule has 0 aliphatic carbocycles. The molecule has 0 fully saturated rings. The van der Waals surface area contributed by atoms with Gasteiger partial charge in [-0.05, 0) is 25.8 Å². The summed E-state index contributed by atoms with van der Waals surface area (Å²) in [7, 11) is 0. The third-order valence-corrected chi connectivity index (χ3v) is 1.87. The van der Waals surface area contributed by atoms with Gasteiger partial charge in [0.05, 0.1) is 6.61 Å². The van der Waals surface area contributed by atoms with Crippen LogP contribution in [0.4, 0.5) is 0 Å². The zero-order chi connectivity index (χ0) is 11.8. The summed E-state index contributed by atoms with van der Waals surface area (Å²) < 4.78 is 4.79. The molecule has 0 rings (SSSR count). The first kappa shape index (κ1) is 13.6. The van der Waals surface area contributed by atoms with Crippen molar-refractivity contribution in [2.75, 3.05) is 6.61 Å². The van der Waals surface area contributed by atoms with Gasteiger partial charge in [0, 0.05) is 12.0 Å². The van der Waals surface area contributed by atoms with Crippen LogP contribution in [0.2, 0.25) is 0 Å². The Morgan fingerprint density at radius 2 is 1.93 bits per heavy atom. The Balaban J connectivity index is 4.43. The summed E-state index contributed by atoms with van der Waals surface area (Å²) in [5, 5.41) is 0. The fraction of sp³-hybridized carbons (Fsp3) is 0.500. The van der Waals surface area contributed by atoms with Crippen molar-refractivity contribution in [3.63, 3.8) is 0 Å².